The van der Waals surface area contributed by atoms with Gasteiger partial charge in [-0.2, -0.15) is 0 Å². The molecule has 0 bridgehead atoms. The van der Waals surface area contributed by atoms with Crippen molar-refractivity contribution in [3.05, 3.63) is 71.8 Å². The molecule has 2 aromatic carbocycles. The van der Waals surface area contributed by atoms with E-state index in [0.29, 0.717) is 62.9 Å². The van der Waals surface area contributed by atoms with Crippen molar-refractivity contribution in [2.75, 3.05) is 25.7 Å². The Morgan fingerprint density at radius 1 is 0.625 bits per heavy atom. The average Bonchev–Trinajstić information content (AvgIpc) is 3.48. The molecule has 56 heavy (non-hydrogen) atoms. The van der Waals surface area contributed by atoms with Crippen LogP contribution in [0.4, 0.5) is 0 Å². The van der Waals surface area contributed by atoms with E-state index in [0.717, 1.165) is 36.8 Å². The molecule has 4 aliphatic heterocycles. The molecular formula is C42H54N4O8S2. The highest BCUT2D eigenvalue weighted by Crippen LogP contribution is 2.36. The first-order valence-corrected chi connectivity index (χ1v) is 22.0. The zero-order valence-electron chi connectivity index (χ0n) is 32.3. The van der Waals surface area contributed by atoms with Gasteiger partial charge in [0, 0.05) is 11.8 Å². The molecule has 0 radical (unpaired) electrons. The molecule has 302 valence electrons. The van der Waals surface area contributed by atoms with Crippen molar-refractivity contribution in [1.29, 1.82) is 0 Å². The molecule has 14 heteroatoms. The van der Waals surface area contributed by atoms with Gasteiger partial charge in [-0.05, 0) is 99.7 Å². The molecule has 4 fully saturated rings. The summed E-state index contributed by atoms with van der Waals surface area (Å²) in [5, 5.41) is 5.86. The van der Waals surface area contributed by atoms with Crippen LogP contribution in [0.3, 0.4) is 0 Å². The first-order chi connectivity index (χ1) is 27.2. The van der Waals surface area contributed by atoms with Crippen molar-refractivity contribution in [2.24, 2.45) is 11.8 Å². The van der Waals surface area contributed by atoms with Crippen molar-refractivity contribution in [3.63, 3.8) is 0 Å². The fourth-order valence-corrected chi connectivity index (χ4v) is 11.3. The minimum atomic E-state index is -0.793. The number of hydrogen-bond acceptors (Lipinski definition) is 10. The molecular weight excluding hydrogens is 753 g/mol. The third kappa shape index (κ3) is 10.1. The van der Waals surface area contributed by atoms with E-state index in [9.17, 15) is 28.8 Å². The highest BCUT2D eigenvalue weighted by atomic mass is 32.2. The lowest BCUT2D eigenvalue weighted by Gasteiger charge is -2.40. The number of fused-ring (bicyclic) bond motifs is 2. The highest BCUT2D eigenvalue weighted by molar-refractivity contribution is 8.00. The minimum absolute atomic E-state index is 0.147. The Morgan fingerprint density at radius 2 is 1.02 bits per heavy atom. The number of thioether (sulfide) groups is 2. The van der Waals surface area contributed by atoms with Gasteiger partial charge in [0.05, 0.1) is 25.0 Å². The quantitative estimate of drug-likeness (QED) is 0.277. The number of amides is 4. The van der Waals surface area contributed by atoms with Gasteiger partial charge in [-0.15, -0.1) is 23.5 Å². The summed E-state index contributed by atoms with van der Waals surface area (Å²) in [5.41, 5.74) is 1.92. The van der Waals surface area contributed by atoms with Crippen molar-refractivity contribution >= 4 is 59.1 Å². The summed E-state index contributed by atoms with van der Waals surface area (Å²) in [6, 6.07) is 16.4. The second-order valence-electron chi connectivity index (χ2n) is 15.1. The van der Waals surface area contributed by atoms with Gasteiger partial charge in [0.2, 0.25) is 23.6 Å². The van der Waals surface area contributed by atoms with Gasteiger partial charge in [-0.25, -0.2) is 9.59 Å². The van der Waals surface area contributed by atoms with Gasteiger partial charge in [0.1, 0.15) is 24.2 Å². The van der Waals surface area contributed by atoms with Gasteiger partial charge in [0.15, 0.2) is 0 Å². The molecule has 12 nitrogen and oxygen atoms in total. The number of nitrogens with one attached hydrogen (secondary N) is 2. The SMILES string of the molecule is COC(=O)C1CCCC2SCCC(NC(=O)C(CCC(Cc3ccccc3)C(=O)NC3CCSC4CCCC(C(=O)OC)N4C3=O)Cc3ccccc3)C(=O)N21. The maximum atomic E-state index is 14.3. The molecule has 2 N–H and O–H groups in total. The van der Waals surface area contributed by atoms with E-state index in [1.807, 2.05) is 60.7 Å². The molecule has 2 aromatic rings. The molecule has 0 saturated carbocycles. The molecule has 4 aliphatic rings. The van der Waals surface area contributed by atoms with E-state index >= 15 is 0 Å². The zero-order chi connectivity index (χ0) is 39.6. The number of ether oxygens (including phenoxy) is 2. The Labute approximate surface area is 337 Å². The van der Waals surface area contributed by atoms with Crippen LogP contribution in [0.5, 0.6) is 0 Å². The van der Waals surface area contributed by atoms with E-state index in [1.165, 1.54) is 14.2 Å². The highest BCUT2D eigenvalue weighted by Gasteiger charge is 2.45. The Balaban J connectivity index is 1.20. The van der Waals surface area contributed by atoms with Crippen LogP contribution < -0.4 is 10.6 Å². The number of hydrogen-bond donors (Lipinski definition) is 2. The predicted molar refractivity (Wildman–Crippen MR) is 215 cm³/mol. The number of benzene rings is 2. The smallest absolute Gasteiger partial charge is 0.328 e. The summed E-state index contributed by atoms with van der Waals surface area (Å²) < 4.78 is 10.1. The Morgan fingerprint density at radius 3 is 1.39 bits per heavy atom. The maximum Gasteiger partial charge on any atom is 0.328 e. The molecule has 0 spiro atoms. The van der Waals surface area contributed by atoms with Crippen LogP contribution in [-0.4, -0.2) is 106 Å². The summed E-state index contributed by atoms with van der Waals surface area (Å²) >= 11 is 3.28. The normalized spacial score (nSPS) is 26.3. The topological polar surface area (TPSA) is 151 Å². The van der Waals surface area contributed by atoms with E-state index in [1.54, 1.807) is 33.3 Å². The van der Waals surface area contributed by atoms with Gasteiger partial charge in [-0.1, -0.05) is 60.7 Å². The Bertz CT molecular complexity index is 1580. The number of esters is 2. The molecule has 8 unspecified atom stereocenters. The van der Waals surface area contributed by atoms with Crippen LogP contribution in [0.2, 0.25) is 0 Å². The lowest BCUT2D eigenvalue weighted by Crippen LogP contribution is -2.58. The van der Waals surface area contributed by atoms with Crippen molar-refractivity contribution in [2.45, 2.75) is 112 Å². The number of rotatable bonds is 13. The van der Waals surface area contributed by atoms with E-state index in [2.05, 4.69) is 10.6 Å². The fourth-order valence-electron chi connectivity index (χ4n) is 8.53. The van der Waals surface area contributed by atoms with Crippen LogP contribution in [0.1, 0.15) is 75.3 Å². The summed E-state index contributed by atoms with van der Waals surface area (Å²) in [6.45, 7) is 0. The van der Waals surface area contributed by atoms with Crippen LogP contribution in [0.15, 0.2) is 60.7 Å². The Hall–Kier alpha value is -4.04. The second kappa shape index (κ2) is 19.9. The molecule has 0 aromatic heterocycles. The number of nitrogens with zero attached hydrogens (tertiary/aromatic N) is 2. The van der Waals surface area contributed by atoms with Crippen LogP contribution in [0, 0.1) is 11.8 Å². The molecule has 0 aliphatic carbocycles. The standard InChI is InChI=1S/C42H54N4O8S2/c1-53-41(51)33-15-9-17-35-45(33)39(49)31(21-23-55-35)43-37(47)29(25-27-11-5-3-6-12-27)19-20-30(26-28-13-7-4-8-14-28)38(48)44-32-22-24-56-36-18-10-16-34(42(52)54-2)46(36)40(32)50/h3-8,11-14,29-36H,9-10,15-26H2,1-2H3,(H,43,47)(H,44,48). The summed E-state index contributed by atoms with van der Waals surface area (Å²) in [4.78, 5) is 85.5. The van der Waals surface area contributed by atoms with E-state index in [-0.39, 0.29) is 34.4 Å². The first-order valence-electron chi connectivity index (χ1n) is 19.9. The van der Waals surface area contributed by atoms with Crippen molar-refractivity contribution in [3.8, 4) is 0 Å². The van der Waals surface area contributed by atoms with Gasteiger partial charge in [0.25, 0.3) is 0 Å². The minimum Gasteiger partial charge on any atom is -0.467 e. The molecule has 4 amide bonds. The summed E-state index contributed by atoms with van der Waals surface area (Å²) in [5.74, 6) is -1.77. The third-order valence-corrected chi connectivity index (χ3v) is 14.2. The van der Waals surface area contributed by atoms with Gasteiger partial charge < -0.3 is 29.9 Å². The lowest BCUT2D eigenvalue weighted by molar-refractivity contribution is -0.156. The number of carbonyl (C=O) groups is 6. The van der Waals surface area contributed by atoms with Crippen molar-refractivity contribution in [1.82, 2.24) is 20.4 Å². The monoisotopic (exact) mass is 806 g/mol. The van der Waals surface area contributed by atoms with Gasteiger partial charge in [-0.3, -0.25) is 19.2 Å². The molecule has 8 atom stereocenters. The zero-order valence-corrected chi connectivity index (χ0v) is 33.9. The number of carbonyl (C=O) groups excluding carboxylic acids is 6. The second-order valence-corrected chi connectivity index (χ2v) is 17.7. The van der Waals surface area contributed by atoms with Gasteiger partial charge >= 0.3 is 11.9 Å². The van der Waals surface area contributed by atoms with Crippen molar-refractivity contribution < 1.29 is 38.2 Å². The summed E-state index contributed by atoms with van der Waals surface area (Å²) in [6.07, 6.45) is 6.63. The fraction of sp³-hybridized carbons (Fsp3) is 0.571. The largest absolute Gasteiger partial charge is 0.467 e. The number of methoxy groups -OCH3 is 2. The number of piperidine rings is 2. The van der Waals surface area contributed by atoms with Crippen LogP contribution in [0.25, 0.3) is 0 Å². The van der Waals surface area contributed by atoms with E-state index in [4.69, 9.17) is 9.47 Å². The molecule has 4 saturated heterocycles. The summed E-state index contributed by atoms with van der Waals surface area (Å²) in [7, 11) is 2.66. The van der Waals surface area contributed by atoms with Crippen LogP contribution in [-0.2, 0) is 51.1 Å². The molecule has 6 rings (SSSR count). The first kappa shape index (κ1) is 41.6. The average molecular weight is 807 g/mol. The lowest BCUT2D eigenvalue weighted by atomic mass is 9.86. The van der Waals surface area contributed by atoms with Crippen LogP contribution >= 0.6 is 23.5 Å². The Kier molecular flexibility index (Phi) is 14.8. The van der Waals surface area contributed by atoms with E-state index < -0.39 is 47.9 Å². The maximum absolute atomic E-state index is 14.3. The molecule has 4 heterocycles. The predicted octanol–water partition coefficient (Wildman–Crippen LogP) is 4.49. The third-order valence-electron chi connectivity index (χ3n) is 11.5.